The van der Waals surface area contributed by atoms with Gasteiger partial charge in [0.05, 0.1) is 18.6 Å². The number of hydrogen-bond acceptors (Lipinski definition) is 5. The molecule has 5 heteroatoms. The van der Waals surface area contributed by atoms with Crippen molar-refractivity contribution in [3.63, 3.8) is 0 Å². The summed E-state index contributed by atoms with van der Waals surface area (Å²) in [6.45, 7) is 2.46. The fourth-order valence-electron chi connectivity index (χ4n) is 1.52. The maximum atomic E-state index is 9.81. The van der Waals surface area contributed by atoms with E-state index in [0.29, 0.717) is 18.8 Å². The Labute approximate surface area is 129 Å². The minimum atomic E-state index is -0.439. The molecule has 0 saturated heterocycles. The molecule has 1 atom stereocenters. The van der Waals surface area contributed by atoms with Gasteiger partial charge in [-0.1, -0.05) is 19.1 Å². The summed E-state index contributed by atoms with van der Waals surface area (Å²) in [6.07, 6.45) is -0.0274. The summed E-state index contributed by atoms with van der Waals surface area (Å²) >= 11 is 3.68. The molecule has 0 saturated carbocycles. The highest BCUT2D eigenvalue weighted by Gasteiger charge is 2.05. The minimum Gasteiger partial charge on any atom is -0.491 e. The number of nitriles is 1. The largest absolute Gasteiger partial charge is 0.491 e. The average molecular weight is 311 g/mol. The van der Waals surface area contributed by atoms with Crippen molar-refractivity contribution in [1.29, 1.82) is 5.26 Å². The van der Waals surface area contributed by atoms with E-state index in [-0.39, 0.29) is 0 Å². The zero-order valence-corrected chi connectivity index (χ0v) is 13.4. The van der Waals surface area contributed by atoms with Crippen molar-refractivity contribution >= 4 is 23.5 Å². The van der Waals surface area contributed by atoms with Gasteiger partial charge in [0.2, 0.25) is 0 Å². The molecule has 0 radical (unpaired) electrons. The van der Waals surface area contributed by atoms with E-state index < -0.39 is 6.10 Å². The van der Waals surface area contributed by atoms with Gasteiger partial charge in [-0.15, -0.1) is 0 Å². The molecule has 0 unspecified atom stereocenters. The van der Waals surface area contributed by atoms with Gasteiger partial charge < -0.3 is 9.84 Å². The normalized spacial score (nSPS) is 11.8. The molecule has 0 spiro atoms. The maximum Gasteiger partial charge on any atom is 0.119 e. The SMILES string of the molecule is CCSCCSC[C@H](O)COc1ccc(CC#N)cc1. The molecule has 110 valence electrons. The van der Waals surface area contributed by atoms with Crippen molar-refractivity contribution in [3.05, 3.63) is 29.8 Å². The van der Waals surface area contributed by atoms with Crippen LogP contribution in [0.4, 0.5) is 0 Å². The Bertz CT molecular complexity index is 403. The molecule has 1 N–H and O–H groups in total. The van der Waals surface area contributed by atoms with E-state index in [0.717, 1.165) is 28.6 Å². The van der Waals surface area contributed by atoms with Crippen LogP contribution in [0, 0.1) is 11.3 Å². The zero-order valence-electron chi connectivity index (χ0n) is 11.7. The van der Waals surface area contributed by atoms with Crippen LogP contribution in [0.3, 0.4) is 0 Å². The van der Waals surface area contributed by atoms with E-state index in [4.69, 9.17) is 10.00 Å². The van der Waals surface area contributed by atoms with E-state index in [2.05, 4.69) is 13.0 Å². The van der Waals surface area contributed by atoms with Crippen LogP contribution in [0.2, 0.25) is 0 Å². The number of rotatable bonds is 10. The highest BCUT2D eigenvalue weighted by molar-refractivity contribution is 8.02. The summed E-state index contributed by atoms with van der Waals surface area (Å²) in [4.78, 5) is 0. The first kappa shape index (κ1) is 17.2. The number of aliphatic hydroxyl groups is 1. The van der Waals surface area contributed by atoms with Gasteiger partial charge in [-0.3, -0.25) is 0 Å². The third-order valence-electron chi connectivity index (χ3n) is 2.54. The third-order valence-corrected chi connectivity index (χ3v) is 4.81. The Hall–Kier alpha value is -0.830. The molecule has 0 heterocycles. The number of ether oxygens (including phenoxy) is 1. The first-order valence-electron chi connectivity index (χ1n) is 6.68. The van der Waals surface area contributed by atoms with Crippen LogP contribution in [-0.2, 0) is 6.42 Å². The molecule has 3 nitrogen and oxygen atoms in total. The molecule has 1 aromatic rings. The Kier molecular flexibility index (Phi) is 9.38. The first-order chi connectivity index (χ1) is 9.76. The predicted molar refractivity (Wildman–Crippen MR) is 87.6 cm³/mol. The quantitative estimate of drug-likeness (QED) is 0.673. The van der Waals surface area contributed by atoms with Crippen molar-refractivity contribution < 1.29 is 9.84 Å². The Morgan fingerprint density at radius 3 is 2.60 bits per heavy atom. The topological polar surface area (TPSA) is 53.2 Å². The highest BCUT2D eigenvalue weighted by Crippen LogP contribution is 2.14. The van der Waals surface area contributed by atoms with Gasteiger partial charge in [0, 0.05) is 17.3 Å². The van der Waals surface area contributed by atoms with Gasteiger partial charge in [0.1, 0.15) is 12.4 Å². The molecular formula is C15H21NO2S2. The fourth-order valence-corrected chi connectivity index (χ4v) is 3.28. The second kappa shape index (κ2) is 10.9. The van der Waals surface area contributed by atoms with E-state index >= 15 is 0 Å². The number of benzene rings is 1. The second-order valence-corrected chi connectivity index (χ2v) is 6.76. The molecule has 0 aliphatic heterocycles. The highest BCUT2D eigenvalue weighted by atomic mass is 32.2. The fraction of sp³-hybridized carbons (Fsp3) is 0.533. The summed E-state index contributed by atoms with van der Waals surface area (Å²) in [5.74, 6) is 4.79. The predicted octanol–water partition coefficient (Wildman–Crippen LogP) is 2.98. The molecule has 20 heavy (non-hydrogen) atoms. The van der Waals surface area contributed by atoms with Gasteiger partial charge in [-0.05, 0) is 23.4 Å². The van der Waals surface area contributed by atoms with Crippen molar-refractivity contribution in [2.24, 2.45) is 0 Å². The summed E-state index contributed by atoms with van der Waals surface area (Å²) in [7, 11) is 0. The lowest BCUT2D eigenvalue weighted by Crippen LogP contribution is -2.20. The van der Waals surface area contributed by atoms with Crippen molar-refractivity contribution in [3.8, 4) is 11.8 Å². The van der Waals surface area contributed by atoms with Gasteiger partial charge in [0.25, 0.3) is 0 Å². The van der Waals surface area contributed by atoms with Crippen LogP contribution in [0.5, 0.6) is 5.75 Å². The van der Waals surface area contributed by atoms with Crippen LogP contribution in [0.15, 0.2) is 24.3 Å². The van der Waals surface area contributed by atoms with Gasteiger partial charge >= 0.3 is 0 Å². The number of aliphatic hydroxyl groups excluding tert-OH is 1. The third kappa shape index (κ3) is 7.68. The molecule has 0 fully saturated rings. The molecule has 0 aliphatic carbocycles. The lowest BCUT2D eigenvalue weighted by atomic mass is 10.2. The second-order valence-electron chi connectivity index (χ2n) is 4.22. The van der Waals surface area contributed by atoms with Crippen LogP contribution in [-0.4, -0.2) is 40.8 Å². The van der Waals surface area contributed by atoms with Crippen molar-refractivity contribution in [2.45, 2.75) is 19.4 Å². The number of hydrogen-bond donors (Lipinski definition) is 1. The van der Waals surface area contributed by atoms with Gasteiger partial charge in [-0.2, -0.15) is 28.8 Å². The van der Waals surface area contributed by atoms with E-state index in [1.807, 2.05) is 36.0 Å². The summed E-state index contributed by atoms with van der Waals surface area (Å²) in [6, 6.07) is 9.53. The summed E-state index contributed by atoms with van der Waals surface area (Å²) < 4.78 is 5.53. The number of nitrogens with zero attached hydrogens (tertiary/aromatic N) is 1. The van der Waals surface area contributed by atoms with Crippen molar-refractivity contribution in [2.75, 3.05) is 29.6 Å². The van der Waals surface area contributed by atoms with Crippen LogP contribution < -0.4 is 4.74 Å². The molecule has 0 bridgehead atoms. The van der Waals surface area contributed by atoms with Crippen LogP contribution >= 0.6 is 23.5 Å². The molecule has 0 aromatic heterocycles. The lowest BCUT2D eigenvalue weighted by Gasteiger charge is -2.12. The summed E-state index contributed by atoms with van der Waals surface area (Å²) in [5.41, 5.74) is 0.976. The monoisotopic (exact) mass is 311 g/mol. The van der Waals surface area contributed by atoms with E-state index in [1.165, 1.54) is 0 Å². The first-order valence-corrected chi connectivity index (χ1v) is 8.99. The number of thioether (sulfide) groups is 2. The molecule has 1 aromatic carbocycles. The molecular weight excluding hydrogens is 290 g/mol. The lowest BCUT2D eigenvalue weighted by molar-refractivity contribution is 0.126. The Morgan fingerprint density at radius 2 is 1.95 bits per heavy atom. The Morgan fingerprint density at radius 1 is 1.25 bits per heavy atom. The standard InChI is InChI=1S/C15H21NO2S2/c1-2-19-9-10-20-12-14(17)11-18-15-5-3-13(4-6-15)7-8-16/h3-6,14,17H,2,7,9-12H2,1H3/t14-/m1/s1. The average Bonchev–Trinajstić information content (AvgIpc) is 2.47. The van der Waals surface area contributed by atoms with Crippen LogP contribution in [0.25, 0.3) is 0 Å². The minimum absolute atomic E-state index is 0.311. The van der Waals surface area contributed by atoms with Crippen molar-refractivity contribution in [1.82, 2.24) is 0 Å². The molecule has 0 aliphatic rings. The maximum absolute atomic E-state index is 9.81. The Balaban J connectivity index is 2.17. The van der Waals surface area contributed by atoms with Gasteiger partial charge in [-0.25, -0.2) is 0 Å². The smallest absolute Gasteiger partial charge is 0.119 e. The zero-order chi connectivity index (χ0) is 14.6. The van der Waals surface area contributed by atoms with Crippen LogP contribution in [0.1, 0.15) is 12.5 Å². The summed E-state index contributed by atoms with van der Waals surface area (Å²) in [5, 5.41) is 18.4. The van der Waals surface area contributed by atoms with E-state index in [9.17, 15) is 5.11 Å². The molecule has 0 amide bonds. The molecule has 1 rings (SSSR count). The van der Waals surface area contributed by atoms with Gasteiger partial charge in [0.15, 0.2) is 0 Å². The van der Waals surface area contributed by atoms with E-state index in [1.54, 1.807) is 11.8 Å².